The Balaban J connectivity index is 0. The van der Waals surface area contributed by atoms with Crippen molar-refractivity contribution in [3.05, 3.63) is 30.3 Å². The number of unbranched alkanes of at least 4 members (excludes halogenated alkanes) is 5. The van der Waals surface area contributed by atoms with Crippen molar-refractivity contribution in [1.82, 2.24) is 0 Å². The van der Waals surface area contributed by atoms with E-state index in [0.717, 1.165) is 0 Å². The monoisotopic (exact) mass is 272 g/mol. The number of phenols is 1. The molecule has 1 aromatic carbocycles. The van der Waals surface area contributed by atoms with Crippen LogP contribution in [0.2, 0.25) is 0 Å². The van der Waals surface area contributed by atoms with Crippen molar-refractivity contribution in [2.24, 2.45) is 0 Å². The van der Waals surface area contributed by atoms with Crippen LogP contribution in [-0.2, 0) is 19.5 Å². The third kappa shape index (κ3) is 13.6. The zero-order valence-corrected chi connectivity index (χ0v) is 13.8. The maximum absolute atomic E-state index is 8.63. The summed E-state index contributed by atoms with van der Waals surface area (Å²) in [4.78, 5) is 0. The zero-order valence-electron chi connectivity index (χ0n) is 10.8. The van der Waals surface area contributed by atoms with E-state index in [1.54, 1.807) is 24.3 Å². The second-order valence-electron chi connectivity index (χ2n) is 3.75. The molecule has 0 fully saturated rings. The maximum atomic E-state index is 8.63. The topological polar surface area (TPSA) is 20.2 Å². The minimum atomic E-state index is 0. The molecule has 1 nitrogen and oxygen atoms in total. The van der Waals surface area contributed by atoms with Crippen LogP contribution in [0.3, 0.4) is 0 Å². The first kappa shape index (κ1) is 18.0. The van der Waals surface area contributed by atoms with Crippen LogP contribution < -0.4 is 0 Å². The third-order valence-electron chi connectivity index (χ3n) is 2.21. The van der Waals surface area contributed by atoms with E-state index >= 15 is 0 Å². The van der Waals surface area contributed by atoms with Crippen molar-refractivity contribution < 1.29 is 24.6 Å². The molecular formula is C14H24OZn. The van der Waals surface area contributed by atoms with E-state index in [1.807, 2.05) is 6.07 Å². The summed E-state index contributed by atoms with van der Waals surface area (Å²) in [5, 5.41) is 8.63. The first-order valence-electron chi connectivity index (χ1n) is 6.05. The molecule has 0 amide bonds. The van der Waals surface area contributed by atoms with Gasteiger partial charge in [-0.05, 0) is 12.1 Å². The fourth-order valence-corrected chi connectivity index (χ4v) is 1.28. The molecule has 0 atom stereocenters. The van der Waals surface area contributed by atoms with Gasteiger partial charge in [-0.25, -0.2) is 0 Å². The number of benzene rings is 1. The minimum absolute atomic E-state index is 0. The molecule has 0 unspecified atom stereocenters. The van der Waals surface area contributed by atoms with Crippen LogP contribution in [-0.4, -0.2) is 5.11 Å². The molecule has 0 saturated heterocycles. The van der Waals surface area contributed by atoms with Gasteiger partial charge in [0.1, 0.15) is 5.75 Å². The van der Waals surface area contributed by atoms with Crippen LogP contribution in [0.1, 0.15) is 52.4 Å². The Morgan fingerprint density at radius 1 is 0.812 bits per heavy atom. The number of phenolic OH excluding ortho intramolecular Hbond substituents is 1. The molecular weight excluding hydrogens is 250 g/mol. The number of para-hydroxylation sites is 1. The molecule has 0 aliphatic rings. The van der Waals surface area contributed by atoms with E-state index in [-0.39, 0.29) is 19.5 Å². The SMILES string of the molecule is CCCCCCCC.Oc1ccccc1.[Zn]. The van der Waals surface area contributed by atoms with Gasteiger partial charge in [-0.2, -0.15) is 0 Å². The molecule has 1 N–H and O–H groups in total. The fourth-order valence-electron chi connectivity index (χ4n) is 1.28. The Bertz CT molecular complexity index is 205. The van der Waals surface area contributed by atoms with Crippen LogP contribution in [0, 0.1) is 0 Å². The van der Waals surface area contributed by atoms with Crippen LogP contribution in [0.5, 0.6) is 5.75 Å². The van der Waals surface area contributed by atoms with Crippen molar-refractivity contribution in [3.8, 4) is 5.75 Å². The van der Waals surface area contributed by atoms with E-state index in [1.165, 1.54) is 38.5 Å². The van der Waals surface area contributed by atoms with E-state index in [2.05, 4.69) is 13.8 Å². The van der Waals surface area contributed by atoms with E-state index in [9.17, 15) is 0 Å². The van der Waals surface area contributed by atoms with Crippen molar-refractivity contribution in [1.29, 1.82) is 0 Å². The number of hydrogen-bond donors (Lipinski definition) is 1. The number of rotatable bonds is 5. The van der Waals surface area contributed by atoms with E-state index in [0.29, 0.717) is 5.75 Å². The van der Waals surface area contributed by atoms with Gasteiger partial charge in [0.15, 0.2) is 0 Å². The van der Waals surface area contributed by atoms with Crippen molar-refractivity contribution in [2.75, 3.05) is 0 Å². The molecule has 0 spiro atoms. The summed E-state index contributed by atoms with van der Waals surface area (Å²) in [5.74, 6) is 0.322. The third-order valence-corrected chi connectivity index (χ3v) is 2.21. The van der Waals surface area contributed by atoms with Crippen LogP contribution in [0.4, 0.5) is 0 Å². The van der Waals surface area contributed by atoms with Crippen LogP contribution in [0.25, 0.3) is 0 Å². The fraction of sp³-hybridized carbons (Fsp3) is 0.571. The standard InChI is InChI=1S/C8H18.C6H6O.Zn/c1-3-5-7-8-6-4-2;7-6-4-2-1-3-5-6;/h3-8H2,1-2H3;1-5,7H;. The second-order valence-corrected chi connectivity index (χ2v) is 3.75. The van der Waals surface area contributed by atoms with Crippen molar-refractivity contribution in [2.45, 2.75) is 52.4 Å². The Morgan fingerprint density at radius 3 is 1.50 bits per heavy atom. The van der Waals surface area contributed by atoms with Gasteiger partial charge >= 0.3 is 0 Å². The molecule has 88 valence electrons. The van der Waals surface area contributed by atoms with Crippen LogP contribution in [0.15, 0.2) is 30.3 Å². The molecule has 16 heavy (non-hydrogen) atoms. The number of aromatic hydroxyl groups is 1. The second kappa shape index (κ2) is 14.6. The average molecular weight is 274 g/mol. The first-order chi connectivity index (χ1) is 7.31. The van der Waals surface area contributed by atoms with Crippen molar-refractivity contribution >= 4 is 0 Å². The molecule has 0 radical (unpaired) electrons. The molecule has 0 bridgehead atoms. The first-order valence-corrected chi connectivity index (χ1v) is 6.05. The Kier molecular flexibility index (Phi) is 16.5. The van der Waals surface area contributed by atoms with Gasteiger partial charge in [0.25, 0.3) is 0 Å². The minimum Gasteiger partial charge on any atom is -0.508 e. The van der Waals surface area contributed by atoms with Gasteiger partial charge < -0.3 is 5.11 Å². The molecule has 0 aliphatic heterocycles. The van der Waals surface area contributed by atoms with Crippen molar-refractivity contribution in [3.63, 3.8) is 0 Å². The summed E-state index contributed by atoms with van der Waals surface area (Å²) in [6, 6.07) is 8.71. The predicted octanol–water partition coefficient (Wildman–Crippen LogP) is 4.76. The summed E-state index contributed by atoms with van der Waals surface area (Å²) in [5.41, 5.74) is 0. The Morgan fingerprint density at radius 2 is 1.25 bits per heavy atom. The van der Waals surface area contributed by atoms with Crippen LogP contribution >= 0.6 is 0 Å². The summed E-state index contributed by atoms with van der Waals surface area (Å²) in [6.45, 7) is 4.51. The van der Waals surface area contributed by atoms with E-state index < -0.39 is 0 Å². The van der Waals surface area contributed by atoms with Gasteiger partial charge in [0.2, 0.25) is 0 Å². The van der Waals surface area contributed by atoms with Gasteiger partial charge in [-0.15, -0.1) is 0 Å². The molecule has 0 heterocycles. The molecule has 1 rings (SSSR count). The normalized spacial score (nSPS) is 8.62. The van der Waals surface area contributed by atoms with Gasteiger partial charge in [-0.1, -0.05) is 70.6 Å². The zero-order chi connectivity index (χ0) is 11.4. The summed E-state index contributed by atoms with van der Waals surface area (Å²) in [7, 11) is 0. The molecule has 1 aromatic rings. The van der Waals surface area contributed by atoms with Gasteiger partial charge in [0, 0.05) is 19.5 Å². The average Bonchev–Trinajstić information content (AvgIpc) is 2.27. The quantitative estimate of drug-likeness (QED) is 0.606. The summed E-state index contributed by atoms with van der Waals surface area (Å²) in [6.07, 6.45) is 8.49. The Labute approximate surface area is 113 Å². The molecule has 0 saturated carbocycles. The van der Waals surface area contributed by atoms with Gasteiger partial charge in [-0.3, -0.25) is 0 Å². The number of hydrogen-bond acceptors (Lipinski definition) is 1. The largest absolute Gasteiger partial charge is 0.508 e. The summed E-state index contributed by atoms with van der Waals surface area (Å²) >= 11 is 0. The predicted molar refractivity (Wildman–Crippen MR) is 67.2 cm³/mol. The maximum Gasteiger partial charge on any atom is 0.115 e. The van der Waals surface area contributed by atoms with E-state index in [4.69, 9.17) is 5.11 Å². The molecule has 0 aliphatic carbocycles. The Hall–Kier alpha value is -0.357. The smallest absolute Gasteiger partial charge is 0.115 e. The molecule has 2 heteroatoms. The molecule has 0 aromatic heterocycles. The summed E-state index contributed by atoms with van der Waals surface area (Å²) < 4.78 is 0. The van der Waals surface area contributed by atoms with Gasteiger partial charge in [0.05, 0.1) is 0 Å².